The molecule has 0 aliphatic heterocycles. The third-order valence-corrected chi connectivity index (χ3v) is 10.3. The Morgan fingerprint density at radius 3 is 2.38 bits per heavy atom. The third-order valence-electron chi connectivity index (χ3n) is 5.91. The first-order valence-corrected chi connectivity index (χ1v) is 16.1. The number of ketones is 1. The van der Waals surface area contributed by atoms with Crippen molar-refractivity contribution in [2.45, 2.75) is 11.6 Å². The Morgan fingerprint density at radius 1 is 1.05 bits per heavy atom. The van der Waals surface area contributed by atoms with Crippen molar-refractivity contribution >= 4 is 42.9 Å². The van der Waals surface area contributed by atoms with Gasteiger partial charge in [0, 0.05) is 23.5 Å². The maximum atomic E-state index is 12.9. The minimum absolute atomic E-state index is 0.00764. The Balaban J connectivity index is 0.000000200. The molecule has 2 unspecified atom stereocenters. The fraction of sp³-hybridized carbons (Fsp3) is 0.0690. The Bertz CT molecular complexity index is 1680. The van der Waals surface area contributed by atoms with Gasteiger partial charge in [-0.05, 0) is 42.0 Å². The Kier molecular flexibility index (Phi) is 10.2. The fourth-order valence-corrected chi connectivity index (χ4v) is 7.41. The van der Waals surface area contributed by atoms with E-state index in [-0.39, 0.29) is 22.0 Å². The number of H-pyrrole nitrogens is 1. The second kappa shape index (κ2) is 14.0. The number of nitrogens with one attached hydrogen (secondary N) is 2. The molecule has 4 aromatic rings. The SMILES string of the molecule is CC(=O)NO[As](=O)(OO)C1C=CC=C(C(=O)c2ccccc2)C1=S.Fc1ccc(-c2[nH]ncc2-c2ccncc2)cc1. The number of benzene rings is 2. The van der Waals surface area contributed by atoms with Gasteiger partial charge in [-0.1, -0.05) is 0 Å². The van der Waals surface area contributed by atoms with E-state index in [9.17, 15) is 17.7 Å². The second-order valence-electron chi connectivity index (χ2n) is 8.74. The van der Waals surface area contributed by atoms with E-state index in [4.69, 9.17) is 21.3 Å². The summed E-state index contributed by atoms with van der Waals surface area (Å²) in [4.78, 5) is 27.5. The molecule has 2 heterocycles. The number of rotatable bonds is 8. The fourth-order valence-electron chi connectivity index (χ4n) is 3.89. The molecule has 42 heavy (non-hydrogen) atoms. The molecule has 5 rings (SSSR count). The maximum Gasteiger partial charge on any atom is 0.123 e. The summed E-state index contributed by atoms with van der Waals surface area (Å²) in [5.74, 6) is -1.23. The van der Waals surface area contributed by atoms with Crippen molar-refractivity contribution in [3.05, 3.63) is 121 Å². The number of allylic oxidation sites excluding steroid dienone is 4. The molecule has 1 aliphatic rings. The first-order chi connectivity index (χ1) is 20.2. The quantitative estimate of drug-likeness (QED) is 0.0760. The summed E-state index contributed by atoms with van der Waals surface area (Å²) in [5, 5.41) is 16.0. The second-order valence-corrected chi connectivity index (χ2v) is 13.3. The molecule has 0 spiro atoms. The number of hydroxylamine groups is 1. The van der Waals surface area contributed by atoms with Gasteiger partial charge in [-0.25, -0.2) is 4.39 Å². The van der Waals surface area contributed by atoms with Crippen molar-refractivity contribution in [2.75, 3.05) is 0 Å². The van der Waals surface area contributed by atoms with E-state index in [1.807, 2.05) is 17.6 Å². The van der Waals surface area contributed by atoms with Crippen molar-refractivity contribution in [2.24, 2.45) is 0 Å². The Labute approximate surface area is 248 Å². The number of carbonyl (C=O) groups excluding carboxylic acids is 2. The van der Waals surface area contributed by atoms with Crippen molar-refractivity contribution in [3.63, 3.8) is 0 Å². The van der Waals surface area contributed by atoms with Crippen LogP contribution in [0.5, 0.6) is 0 Å². The maximum absolute atomic E-state index is 12.9. The monoisotopic (exact) mass is 650 g/mol. The van der Waals surface area contributed by atoms with Gasteiger partial charge in [-0.2, -0.15) is 5.10 Å². The number of aromatic amines is 1. The molecule has 0 fully saturated rings. The van der Waals surface area contributed by atoms with Crippen molar-refractivity contribution in [1.29, 1.82) is 0 Å². The molecule has 2 atom stereocenters. The van der Waals surface area contributed by atoms with Gasteiger partial charge in [0.05, 0.1) is 11.9 Å². The third kappa shape index (κ3) is 7.30. The van der Waals surface area contributed by atoms with Crippen LogP contribution in [-0.4, -0.2) is 51.2 Å². The van der Waals surface area contributed by atoms with Crippen LogP contribution in [0, 0.1) is 5.82 Å². The molecule has 0 radical (unpaired) electrons. The number of Topliss-reactive ketones (excluding diaryl/α,β-unsaturated/α-hetero) is 1. The van der Waals surface area contributed by atoms with Crippen LogP contribution < -0.4 is 5.48 Å². The van der Waals surface area contributed by atoms with E-state index in [1.165, 1.54) is 30.4 Å². The number of aromatic nitrogens is 3. The standard InChI is InChI=1S/C15H14AsNO6S.C14H10FN3/c1-10(18)17-22-16(20,23-21)13-9-5-8-12(15(13)24)14(19)11-6-3-2-4-7-11;15-12-3-1-11(2-4-12)14-13(9-17-18-14)10-5-7-16-8-6-10/h2-9,13,21H,1H3,(H,17,18);1-9H,(H,17,18). The summed E-state index contributed by atoms with van der Waals surface area (Å²) in [7, 11) is 0. The molecule has 1 amide bonds. The van der Waals surface area contributed by atoms with Gasteiger partial charge in [0.2, 0.25) is 0 Å². The number of thiocarbonyl (C=S) groups is 1. The average molecular weight is 651 g/mol. The summed E-state index contributed by atoms with van der Waals surface area (Å²) < 4.78 is 33.2. The van der Waals surface area contributed by atoms with E-state index < -0.39 is 24.8 Å². The molecular formula is C29H24AsFN4O6S. The zero-order valence-corrected chi connectivity index (χ0v) is 24.7. The largest absolute Gasteiger partial charge is 0.277 e. The van der Waals surface area contributed by atoms with E-state index >= 15 is 0 Å². The predicted octanol–water partition coefficient (Wildman–Crippen LogP) is 5.31. The van der Waals surface area contributed by atoms with Gasteiger partial charge in [0.15, 0.2) is 0 Å². The van der Waals surface area contributed by atoms with Crippen LogP contribution in [0.15, 0.2) is 109 Å². The molecule has 2 aromatic carbocycles. The molecule has 3 N–H and O–H groups in total. The number of hydrogen-bond acceptors (Lipinski definition) is 9. The van der Waals surface area contributed by atoms with Crippen LogP contribution in [-0.2, 0) is 16.2 Å². The normalized spacial score (nSPS) is 15.5. The van der Waals surface area contributed by atoms with E-state index in [0.29, 0.717) is 5.56 Å². The molecule has 1 aliphatic carbocycles. The molecule has 13 heteroatoms. The molecule has 214 valence electrons. The molecule has 0 saturated heterocycles. The molecular weight excluding hydrogens is 626 g/mol. The zero-order valence-electron chi connectivity index (χ0n) is 22.0. The topological polar surface area (TPSA) is 144 Å². The van der Waals surface area contributed by atoms with E-state index in [2.05, 4.69) is 19.1 Å². The van der Waals surface area contributed by atoms with Crippen LogP contribution in [0.25, 0.3) is 22.4 Å². The molecule has 2 aromatic heterocycles. The molecule has 0 bridgehead atoms. The summed E-state index contributed by atoms with van der Waals surface area (Å²) in [6, 6.07) is 18.6. The van der Waals surface area contributed by atoms with Crippen LogP contribution in [0.3, 0.4) is 0 Å². The van der Waals surface area contributed by atoms with Gasteiger partial charge in [0.1, 0.15) is 5.82 Å². The van der Waals surface area contributed by atoms with Crippen molar-refractivity contribution < 1.29 is 30.7 Å². The Hall–Kier alpha value is -4.32. The number of pyridine rings is 1. The van der Waals surface area contributed by atoms with Gasteiger partial charge >= 0.3 is 146 Å². The van der Waals surface area contributed by atoms with Crippen molar-refractivity contribution in [3.8, 4) is 22.4 Å². The first-order valence-electron chi connectivity index (χ1n) is 12.3. The Morgan fingerprint density at radius 2 is 1.74 bits per heavy atom. The number of halogens is 1. The smallest absolute Gasteiger partial charge is 0.123 e. The summed E-state index contributed by atoms with van der Waals surface area (Å²) in [6.07, 6.45) is 9.58. The number of amides is 1. The summed E-state index contributed by atoms with van der Waals surface area (Å²) in [5.41, 5.74) is 6.21. The van der Waals surface area contributed by atoms with Gasteiger partial charge < -0.3 is 0 Å². The minimum atomic E-state index is -4.98. The molecule has 0 saturated carbocycles. The number of nitrogens with zero attached hydrogens (tertiary/aromatic N) is 2. The molecule has 10 nitrogen and oxygen atoms in total. The summed E-state index contributed by atoms with van der Waals surface area (Å²) >= 11 is 0.258. The average Bonchev–Trinajstić information content (AvgIpc) is 3.51. The summed E-state index contributed by atoms with van der Waals surface area (Å²) in [6.45, 7) is 1.14. The van der Waals surface area contributed by atoms with Gasteiger partial charge in [-0.15, -0.1) is 0 Å². The van der Waals surface area contributed by atoms with Gasteiger partial charge in [0.25, 0.3) is 0 Å². The van der Waals surface area contributed by atoms with E-state index in [1.54, 1.807) is 61.1 Å². The number of carbonyl (C=O) groups is 2. The number of hydrogen-bond donors (Lipinski definition) is 3. The van der Waals surface area contributed by atoms with Crippen LogP contribution in [0.4, 0.5) is 4.39 Å². The zero-order chi connectivity index (χ0) is 30.1. The van der Waals surface area contributed by atoms with E-state index in [0.717, 1.165) is 29.3 Å². The van der Waals surface area contributed by atoms with Crippen molar-refractivity contribution in [1.82, 2.24) is 20.7 Å². The first kappa shape index (κ1) is 30.6. The minimum Gasteiger partial charge on any atom is -0.277 e. The van der Waals surface area contributed by atoms with Crippen LogP contribution >= 0.6 is 12.2 Å². The predicted molar refractivity (Wildman–Crippen MR) is 157 cm³/mol. The van der Waals surface area contributed by atoms with Crippen LogP contribution in [0.2, 0.25) is 4.71 Å². The van der Waals surface area contributed by atoms with Gasteiger partial charge in [-0.3, -0.25) is 10.1 Å². The van der Waals surface area contributed by atoms with Crippen LogP contribution in [0.1, 0.15) is 17.3 Å².